The predicted molar refractivity (Wildman–Crippen MR) is 118 cm³/mol. The number of rotatable bonds is 5. The molecule has 1 atom stereocenters. The van der Waals surface area contributed by atoms with Gasteiger partial charge < -0.3 is 0 Å². The molecule has 2 aromatic rings. The van der Waals surface area contributed by atoms with E-state index in [2.05, 4.69) is 42.1 Å². The summed E-state index contributed by atoms with van der Waals surface area (Å²) in [6.07, 6.45) is 11.7. The van der Waals surface area contributed by atoms with E-state index in [1.807, 2.05) is 18.2 Å². The van der Waals surface area contributed by atoms with Crippen molar-refractivity contribution in [2.24, 2.45) is 0 Å². The van der Waals surface area contributed by atoms with Crippen molar-refractivity contribution in [2.75, 3.05) is 26.2 Å². The average molecular weight is 420 g/mol. The minimum Gasteiger partial charge on any atom is -0.298 e. The van der Waals surface area contributed by atoms with Crippen molar-refractivity contribution in [2.45, 2.75) is 75.9 Å². The van der Waals surface area contributed by atoms with Crippen LogP contribution in [0.15, 0.2) is 24.3 Å². The molecule has 0 spiro atoms. The number of hydrogen-bond acceptors (Lipinski definition) is 6. The zero-order valence-corrected chi connectivity index (χ0v) is 18.4. The molecule has 0 N–H and O–H groups in total. The molecule has 7 nitrogen and oxygen atoms in total. The Bertz CT molecular complexity index is 897. The zero-order chi connectivity index (χ0) is 21.0. The molecule has 7 heteroatoms. The minimum absolute atomic E-state index is 0.00240. The van der Waals surface area contributed by atoms with E-state index in [0.717, 1.165) is 56.5 Å². The predicted octanol–water partition coefficient (Wildman–Crippen LogP) is 3.70. The fourth-order valence-electron chi connectivity index (χ4n) is 5.90. The Morgan fingerprint density at radius 1 is 0.903 bits per heavy atom. The summed E-state index contributed by atoms with van der Waals surface area (Å²) in [5, 5.41) is 22.5. The van der Waals surface area contributed by atoms with E-state index in [9.17, 15) is 5.26 Å². The zero-order valence-electron chi connectivity index (χ0n) is 18.4. The van der Waals surface area contributed by atoms with Gasteiger partial charge in [-0.05, 0) is 53.8 Å². The van der Waals surface area contributed by atoms with Gasteiger partial charge in [-0.2, -0.15) is 5.26 Å². The summed E-state index contributed by atoms with van der Waals surface area (Å²) in [5.41, 5.74) is 1.82. The lowest BCUT2D eigenvalue weighted by atomic mass is 9.93. The summed E-state index contributed by atoms with van der Waals surface area (Å²) in [6, 6.07) is 11.5. The highest BCUT2D eigenvalue weighted by Crippen LogP contribution is 2.35. The lowest BCUT2D eigenvalue weighted by molar-refractivity contribution is 0.0615. The van der Waals surface area contributed by atoms with Crippen molar-refractivity contribution in [1.29, 1.82) is 5.26 Å². The lowest BCUT2D eigenvalue weighted by Crippen LogP contribution is -2.52. The van der Waals surface area contributed by atoms with E-state index < -0.39 is 0 Å². The fourth-order valence-corrected chi connectivity index (χ4v) is 5.90. The summed E-state index contributed by atoms with van der Waals surface area (Å²) >= 11 is 0. The van der Waals surface area contributed by atoms with E-state index >= 15 is 0 Å². The van der Waals surface area contributed by atoms with Gasteiger partial charge in [-0.15, -0.1) is 5.10 Å². The van der Waals surface area contributed by atoms with Crippen molar-refractivity contribution in [3.63, 3.8) is 0 Å². The second kappa shape index (κ2) is 9.46. The van der Waals surface area contributed by atoms with E-state index in [0.29, 0.717) is 11.6 Å². The maximum absolute atomic E-state index is 9.48. The first-order valence-corrected chi connectivity index (χ1v) is 12.1. The van der Waals surface area contributed by atoms with Gasteiger partial charge in [-0.3, -0.25) is 9.80 Å². The Morgan fingerprint density at radius 3 is 2.35 bits per heavy atom. The highest BCUT2D eigenvalue weighted by Gasteiger charge is 2.34. The Kier molecular flexibility index (Phi) is 6.28. The Hall–Kier alpha value is -2.30. The first kappa shape index (κ1) is 20.6. The van der Waals surface area contributed by atoms with Crippen LogP contribution in [-0.2, 0) is 0 Å². The van der Waals surface area contributed by atoms with E-state index in [-0.39, 0.29) is 6.04 Å². The monoisotopic (exact) mass is 419 g/mol. The van der Waals surface area contributed by atoms with Crippen LogP contribution in [0.1, 0.15) is 86.8 Å². The van der Waals surface area contributed by atoms with Gasteiger partial charge in [0.1, 0.15) is 0 Å². The molecule has 31 heavy (non-hydrogen) atoms. The number of aromatic nitrogens is 4. The highest BCUT2D eigenvalue weighted by atomic mass is 15.6. The smallest absolute Gasteiger partial charge is 0.173 e. The third-order valence-corrected chi connectivity index (χ3v) is 7.57. The molecule has 1 saturated heterocycles. The van der Waals surface area contributed by atoms with Crippen LogP contribution in [0.3, 0.4) is 0 Å². The molecule has 164 valence electrons. The Morgan fingerprint density at radius 2 is 1.61 bits per heavy atom. The molecule has 2 aliphatic carbocycles. The van der Waals surface area contributed by atoms with Crippen molar-refractivity contribution >= 4 is 0 Å². The van der Waals surface area contributed by atoms with Gasteiger partial charge in [0.2, 0.25) is 0 Å². The maximum atomic E-state index is 9.48. The van der Waals surface area contributed by atoms with Crippen molar-refractivity contribution in [1.82, 2.24) is 30.0 Å². The van der Waals surface area contributed by atoms with E-state index in [1.54, 1.807) is 0 Å². The van der Waals surface area contributed by atoms with Crippen LogP contribution < -0.4 is 0 Å². The average Bonchev–Trinajstić information content (AvgIpc) is 3.53. The van der Waals surface area contributed by atoms with Crippen LogP contribution in [-0.4, -0.2) is 62.2 Å². The summed E-state index contributed by atoms with van der Waals surface area (Å²) in [5.74, 6) is 0.938. The van der Waals surface area contributed by atoms with Crippen LogP contribution in [0, 0.1) is 11.3 Å². The molecular formula is C24H33N7. The molecule has 5 rings (SSSR count). The van der Waals surface area contributed by atoms with Crippen LogP contribution in [0.5, 0.6) is 0 Å². The third-order valence-electron chi connectivity index (χ3n) is 7.57. The van der Waals surface area contributed by atoms with Gasteiger partial charge >= 0.3 is 0 Å². The molecule has 0 bridgehead atoms. The third kappa shape index (κ3) is 4.37. The number of piperazine rings is 1. The first-order chi connectivity index (χ1) is 15.3. The van der Waals surface area contributed by atoms with Crippen molar-refractivity contribution < 1.29 is 0 Å². The van der Waals surface area contributed by atoms with Gasteiger partial charge in [0.15, 0.2) is 5.82 Å². The fraction of sp³-hybridized carbons (Fsp3) is 0.667. The molecule has 1 aromatic carbocycles. The molecular weight excluding hydrogens is 386 g/mol. The van der Waals surface area contributed by atoms with Gasteiger partial charge in [-0.25, -0.2) is 4.68 Å². The molecule has 1 aromatic heterocycles. The second-order valence-corrected chi connectivity index (χ2v) is 9.42. The number of nitrogens with zero attached hydrogens (tertiary/aromatic N) is 7. The SMILES string of the molecule is N#Cc1cccc([C@@H](c2nnnn2C2CCCC2)N2CCN(C3CCCCC3)CC2)c1. The molecule has 2 saturated carbocycles. The van der Waals surface area contributed by atoms with Crippen molar-refractivity contribution in [3.8, 4) is 6.07 Å². The van der Waals surface area contributed by atoms with E-state index in [4.69, 9.17) is 0 Å². The lowest BCUT2D eigenvalue weighted by Gasteiger charge is -2.43. The van der Waals surface area contributed by atoms with Crippen LogP contribution >= 0.6 is 0 Å². The normalized spacial score (nSPS) is 23.1. The number of hydrogen-bond donors (Lipinski definition) is 0. The van der Waals surface area contributed by atoms with Gasteiger partial charge in [0.05, 0.1) is 23.7 Å². The standard InChI is InChI=1S/C24H33N7/c25-18-19-7-6-8-20(17-19)23(24-26-27-28-31(24)22-11-4-5-12-22)30-15-13-29(14-16-30)21-9-2-1-3-10-21/h6-8,17,21-23H,1-5,9-16H2/t23-/m0/s1. The largest absolute Gasteiger partial charge is 0.298 e. The molecule has 2 heterocycles. The number of tetrazole rings is 1. The summed E-state index contributed by atoms with van der Waals surface area (Å²) in [4.78, 5) is 5.24. The highest BCUT2D eigenvalue weighted by molar-refractivity contribution is 5.36. The quantitative estimate of drug-likeness (QED) is 0.736. The number of benzene rings is 1. The Labute approximate surface area is 185 Å². The van der Waals surface area contributed by atoms with Crippen LogP contribution in [0.25, 0.3) is 0 Å². The molecule has 0 radical (unpaired) electrons. The minimum atomic E-state index is -0.00240. The van der Waals surface area contributed by atoms with Crippen molar-refractivity contribution in [3.05, 3.63) is 41.2 Å². The summed E-state index contributed by atoms with van der Waals surface area (Å²) in [6.45, 7) is 4.22. The van der Waals surface area contributed by atoms with Gasteiger partial charge in [0.25, 0.3) is 0 Å². The first-order valence-electron chi connectivity index (χ1n) is 12.1. The Balaban J connectivity index is 1.41. The second-order valence-electron chi connectivity index (χ2n) is 9.42. The topological polar surface area (TPSA) is 73.9 Å². The molecule has 3 fully saturated rings. The summed E-state index contributed by atoms with van der Waals surface area (Å²) in [7, 11) is 0. The molecule has 0 unspecified atom stereocenters. The molecule has 1 aliphatic heterocycles. The van der Waals surface area contributed by atoms with Crippen LogP contribution in [0.4, 0.5) is 0 Å². The van der Waals surface area contributed by atoms with Gasteiger partial charge in [0, 0.05) is 32.2 Å². The van der Waals surface area contributed by atoms with Gasteiger partial charge in [-0.1, -0.05) is 44.2 Å². The molecule has 3 aliphatic rings. The molecule has 0 amide bonds. The number of nitriles is 1. The van der Waals surface area contributed by atoms with Crippen LogP contribution in [0.2, 0.25) is 0 Å². The van der Waals surface area contributed by atoms with E-state index in [1.165, 1.54) is 44.9 Å². The maximum Gasteiger partial charge on any atom is 0.173 e. The summed E-state index contributed by atoms with van der Waals surface area (Å²) < 4.78 is 2.09.